The molecular weight excluding hydrogens is 256 g/mol. The Morgan fingerprint density at radius 3 is 2.94 bits per heavy atom. The van der Waals surface area contributed by atoms with Gasteiger partial charge < -0.3 is 20.5 Å². The summed E-state index contributed by atoms with van der Waals surface area (Å²) in [6, 6.07) is 5.17. The first-order valence-electron chi connectivity index (χ1n) is 5.53. The maximum atomic E-state index is 11.9. The number of halogens is 1. The number of hydrogen-bond acceptors (Lipinski definition) is 4. The summed E-state index contributed by atoms with van der Waals surface area (Å²) in [4.78, 5) is 11.9. The van der Waals surface area contributed by atoms with Gasteiger partial charge >= 0.3 is 0 Å². The number of benzene rings is 1. The number of hydrogen-bond donors (Lipinski definition) is 2. The number of anilines is 2. The van der Waals surface area contributed by atoms with Crippen molar-refractivity contribution < 1.29 is 14.3 Å². The van der Waals surface area contributed by atoms with Gasteiger partial charge in [-0.2, -0.15) is 0 Å². The molecule has 1 aliphatic rings. The molecule has 1 heterocycles. The van der Waals surface area contributed by atoms with Gasteiger partial charge in [0.1, 0.15) is 5.75 Å². The largest absolute Gasteiger partial charge is 0.497 e. The number of amides is 1. The lowest BCUT2D eigenvalue weighted by Gasteiger charge is -2.12. The van der Waals surface area contributed by atoms with Gasteiger partial charge in [0.05, 0.1) is 31.0 Å². The van der Waals surface area contributed by atoms with Crippen molar-refractivity contribution in [2.24, 2.45) is 5.92 Å². The lowest BCUT2D eigenvalue weighted by molar-refractivity contribution is -0.119. The molecule has 1 unspecified atom stereocenters. The molecule has 1 amide bonds. The molecule has 1 atom stereocenters. The normalized spacial score (nSPS) is 17.9. The molecular formula is C12H17ClN2O3. The molecule has 0 spiro atoms. The molecule has 0 aliphatic carbocycles. The van der Waals surface area contributed by atoms with Crippen LogP contribution in [-0.4, -0.2) is 26.2 Å². The van der Waals surface area contributed by atoms with Crippen molar-refractivity contribution in [2.75, 3.05) is 31.4 Å². The third-order valence-electron chi connectivity index (χ3n) is 2.82. The van der Waals surface area contributed by atoms with Crippen LogP contribution in [0.2, 0.25) is 0 Å². The molecule has 2 rings (SSSR count). The summed E-state index contributed by atoms with van der Waals surface area (Å²) >= 11 is 0. The predicted octanol–water partition coefficient (Wildman–Crippen LogP) is 1.67. The van der Waals surface area contributed by atoms with E-state index in [4.69, 9.17) is 15.2 Å². The maximum Gasteiger partial charge on any atom is 0.229 e. The van der Waals surface area contributed by atoms with E-state index in [0.717, 1.165) is 6.42 Å². The first-order chi connectivity index (χ1) is 8.20. The van der Waals surface area contributed by atoms with Crippen LogP contribution in [0.4, 0.5) is 11.4 Å². The first kappa shape index (κ1) is 14.6. The molecule has 0 saturated carbocycles. The fourth-order valence-corrected chi connectivity index (χ4v) is 1.75. The van der Waals surface area contributed by atoms with Gasteiger partial charge in [0, 0.05) is 12.7 Å². The van der Waals surface area contributed by atoms with Crippen molar-refractivity contribution in [3.8, 4) is 5.75 Å². The van der Waals surface area contributed by atoms with Gasteiger partial charge in [0.25, 0.3) is 0 Å². The number of ether oxygens (including phenoxy) is 2. The molecule has 0 aromatic heterocycles. The fraction of sp³-hybridized carbons (Fsp3) is 0.417. The number of rotatable bonds is 3. The van der Waals surface area contributed by atoms with Crippen LogP contribution in [0.15, 0.2) is 18.2 Å². The molecule has 1 aliphatic heterocycles. The van der Waals surface area contributed by atoms with E-state index in [0.29, 0.717) is 30.3 Å². The van der Waals surface area contributed by atoms with E-state index in [1.165, 1.54) is 0 Å². The van der Waals surface area contributed by atoms with E-state index in [1.807, 2.05) is 0 Å². The van der Waals surface area contributed by atoms with E-state index >= 15 is 0 Å². The summed E-state index contributed by atoms with van der Waals surface area (Å²) in [6.45, 7) is 1.13. The van der Waals surface area contributed by atoms with Crippen LogP contribution in [0, 0.1) is 5.92 Å². The molecule has 0 bridgehead atoms. The number of nitrogen functional groups attached to an aromatic ring is 1. The van der Waals surface area contributed by atoms with E-state index in [-0.39, 0.29) is 24.2 Å². The molecule has 1 fully saturated rings. The second-order valence-electron chi connectivity index (χ2n) is 4.00. The lowest BCUT2D eigenvalue weighted by atomic mass is 10.1. The second-order valence-corrected chi connectivity index (χ2v) is 4.00. The van der Waals surface area contributed by atoms with Crippen LogP contribution in [0.25, 0.3) is 0 Å². The van der Waals surface area contributed by atoms with Crippen LogP contribution >= 0.6 is 12.4 Å². The van der Waals surface area contributed by atoms with E-state index < -0.39 is 0 Å². The summed E-state index contributed by atoms with van der Waals surface area (Å²) in [7, 11) is 1.57. The standard InChI is InChI=1S/C12H16N2O3.ClH/c1-16-9-2-3-10(13)11(6-9)14-12(15)8-4-5-17-7-8;/h2-3,6,8H,4-5,7,13H2,1H3,(H,14,15);1H. The van der Waals surface area contributed by atoms with Crippen LogP contribution < -0.4 is 15.8 Å². The average Bonchev–Trinajstić information content (AvgIpc) is 2.85. The minimum atomic E-state index is -0.0828. The molecule has 18 heavy (non-hydrogen) atoms. The third-order valence-corrected chi connectivity index (χ3v) is 2.82. The van der Waals surface area contributed by atoms with E-state index in [2.05, 4.69) is 5.32 Å². The Hall–Kier alpha value is -1.46. The first-order valence-corrected chi connectivity index (χ1v) is 5.53. The fourth-order valence-electron chi connectivity index (χ4n) is 1.75. The molecule has 1 saturated heterocycles. The number of methoxy groups -OCH3 is 1. The SMILES string of the molecule is COc1ccc(N)c(NC(=O)C2CCOC2)c1.Cl. The van der Waals surface area contributed by atoms with Gasteiger partial charge in [-0.05, 0) is 18.6 Å². The lowest BCUT2D eigenvalue weighted by Crippen LogP contribution is -2.23. The second kappa shape index (κ2) is 6.47. The van der Waals surface area contributed by atoms with Crippen LogP contribution in [0.3, 0.4) is 0 Å². The zero-order chi connectivity index (χ0) is 12.3. The van der Waals surface area contributed by atoms with Crippen LogP contribution in [0.1, 0.15) is 6.42 Å². The Balaban J connectivity index is 0.00000162. The van der Waals surface area contributed by atoms with Crippen molar-refractivity contribution in [3.05, 3.63) is 18.2 Å². The Kier molecular flexibility index (Phi) is 5.25. The molecule has 1 aromatic rings. The summed E-state index contributed by atoms with van der Waals surface area (Å²) in [5.74, 6) is 0.528. The smallest absolute Gasteiger partial charge is 0.229 e. The molecule has 1 aromatic carbocycles. The van der Waals surface area contributed by atoms with Gasteiger partial charge in [0.15, 0.2) is 0 Å². The molecule has 3 N–H and O–H groups in total. The number of nitrogens with one attached hydrogen (secondary N) is 1. The maximum absolute atomic E-state index is 11.9. The molecule has 6 heteroatoms. The predicted molar refractivity (Wildman–Crippen MR) is 72.2 cm³/mol. The average molecular weight is 273 g/mol. The summed E-state index contributed by atoms with van der Waals surface area (Å²) in [5, 5.41) is 2.80. The Labute approximate surface area is 112 Å². The topological polar surface area (TPSA) is 73.6 Å². The van der Waals surface area contributed by atoms with Crippen molar-refractivity contribution >= 4 is 29.7 Å². The Bertz CT molecular complexity index is 420. The van der Waals surface area contributed by atoms with Gasteiger partial charge in [-0.3, -0.25) is 4.79 Å². The third kappa shape index (κ3) is 3.27. The van der Waals surface area contributed by atoms with Crippen molar-refractivity contribution in [3.63, 3.8) is 0 Å². The van der Waals surface area contributed by atoms with Crippen LogP contribution in [0.5, 0.6) is 5.75 Å². The zero-order valence-corrected chi connectivity index (χ0v) is 11.0. The van der Waals surface area contributed by atoms with Crippen molar-refractivity contribution in [1.29, 1.82) is 0 Å². The minimum absolute atomic E-state index is 0. The minimum Gasteiger partial charge on any atom is -0.497 e. The summed E-state index contributed by atoms with van der Waals surface area (Å²) < 4.78 is 10.3. The quantitative estimate of drug-likeness (QED) is 0.821. The summed E-state index contributed by atoms with van der Waals surface area (Å²) in [5.41, 5.74) is 6.90. The Morgan fingerprint density at radius 2 is 2.33 bits per heavy atom. The Morgan fingerprint density at radius 1 is 1.56 bits per heavy atom. The van der Waals surface area contributed by atoms with Crippen molar-refractivity contribution in [1.82, 2.24) is 0 Å². The number of carbonyl (C=O) groups excluding carboxylic acids is 1. The van der Waals surface area contributed by atoms with Gasteiger partial charge in [-0.15, -0.1) is 12.4 Å². The molecule has 0 radical (unpaired) electrons. The van der Waals surface area contributed by atoms with Crippen molar-refractivity contribution in [2.45, 2.75) is 6.42 Å². The zero-order valence-electron chi connectivity index (χ0n) is 10.1. The molecule has 5 nitrogen and oxygen atoms in total. The number of nitrogens with two attached hydrogens (primary N) is 1. The monoisotopic (exact) mass is 272 g/mol. The highest BCUT2D eigenvalue weighted by Gasteiger charge is 2.23. The highest BCUT2D eigenvalue weighted by molar-refractivity contribution is 5.95. The van der Waals surface area contributed by atoms with Crippen LogP contribution in [-0.2, 0) is 9.53 Å². The van der Waals surface area contributed by atoms with Gasteiger partial charge in [-0.25, -0.2) is 0 Å². The summed E-state index contributed by atoms with van der Waals surface area (Å²) in [6.07, 6.45) is 0.760. The number of carbonyl (C=O) groups is 1. The molecule has 100 valence electrons. The van der Waals surface area contributed by atoms with Gasteiger partial charge in [-0.1, -0.05) is 0 Å². The van der Waals surface area contributed by atoms with Gasteiger partial charge in [0.2, 0.25) is 5.91 Å². The highest BCUT2D eigenvalue weighted by atomic mass is 35.5. The van der Waals surface area contributed by atoms with E-state index in [1.54, 1.807) is 25.3 Å². The van der Waals surface area contributed by atoms with E-state index in [9.17, 15) is 4.79 Å². The highest BCUT2D eigenvalue weighted by Crippen LogP contribution is 2.25.